The average Bonchev–Trinajstić information content (AvgIpc) is 2.65. The highest BCUT2D eigenvalue weighted by Crippen LogP contribution is 2.10. The maximum atomic E-state index is 12.0. The molecular weight excluding hydrogens is 356 g/mol. The van der Waals surface area contributed by atoms with Crippen LogP contribution in [-0.2, 0) is 14.4 Å². The van der Waals surface area contributed by atoms with Gasteiger partial charge in [-0.25, -0.2) is 10.0 Å². The molecule has 0 spiro atoms. The van der Waals surface area contributed by atoms with Crippen LogP contribution in [0, 0.1) is 4.91 Å². The van der Waals surface area contributed by atoms with Crippen molar-refractivity contribution in [3.63, 3.8) is 0 Å². The molecular formula is C17H27N4O6+. The zero-order valence-corrected chi connectivity index (χ0v) is 15.4. The molecule has 1 unspecified atom stereocenters. The second kappa shape index (κ2) is 12.3. The first kappa shape index (κ1) is 22.0. The number of nitrogens with one attached hydrogen (secondary N) is 2. The summed E-state index contributed by atoms with van der Waals surface area (Å²) in [7, 11) is 0. The number of hydrogen-bond acceptors (Lipinski definition) is 6. The van der Waals surface area contributed by atoms with Crippen LogP contribution in [0.2, 0.25) is 0 Å². The van der Waals surface area contributed by atoms with Crippen LogP contribution in [0.25, 0.3) is 0 Å². The Morgan fingerprint density at radius 1 is 1.33 bits per heavy atom. The van der Waals surface area contributed by atoms with E-state index in [0.29, 0.717) is 0 Å². The van der Waals surface area contributed by atoms with Crippen LogP contribution in [0.3, 0.4) is 0 Å². The average molecular weight is 383 g/mol. The number of nitrogens with zero attached hydrogens (tertiary/aromatic N) is 2. The van der Waals surface area contributed by atoms with Crippen LogP contribution >= 0.6 is 0 Å². The molecule has 0 aromatic heterocycles. The first-order valence-electron chi connectivity index (χ1n) is 8.72. The van der Waals surface area contributed by atoms with Crippen LogP contribution in [0.1, 0.15) is 26.2 Å². The fourth-order valence-electron chi connectivity index (χ4n) is 2.31. The molecule has 1 fully saturated rings. The summed E-state index contributed by atoms with van der Waals surface area (Å²) in [4.78, 5) is 39.9. The summed E-state index contributed by atoms with van der Waals surface area (Å²) in [5.41, 5.74) is 0.286. The van der Waals surface area contributed by atoms with Gasteiger partial charge in [0.15, 0.2) is 12.8 Å². The molecule has 27 heavy (non-hydrogen) atoms. The molecule has 0 aliphatic carbocycles. The molecule has 0 saturated carbocycles. The monoisotopic (exact) mass is 383 g/mol. The molecule has 10 heteroatoms. The number of hydrogen-bond donors (Lipinski definition) is 3. The molecule has 1 rings (SSSR count). The zero-order valence-electron chi connectivity index (χ0n) is 15.4. The minimum Gasteiger partial charge on any atom is -0.426 e. The first-order valence-corrected chi connectivity index (χ1v) is 8.72. The van der Waals surface area contributed by atoms with Gasteiger partial charge in [-0.05, 0) is 44.5 Å². The van der Waals surface area contributed by atoms with Gasteiger partial charge >= 0.3 is 11.2 Å². The third-order valence-corrected chi connectivity index (χ3v) is 3.67. The minimum absolute atomic E-state index is 0.0365. The van der Waals surface area contributed by atoms with Crippen LogP contribution in [-0.4, -0.2) is 59.7 Å². The van der Waals surface area contributed by atoms with E-state index >= 15 is 0 Å². The van der Waals surface area contributed by atoms with E-state index in [2.05, 4.69) is 22.1 Å². The Labute approximate surface area is 158 Å². The number of carbonyl (C=O) groups excluding carboxylic acids is 2. The second-order valence-electron chi connectivity index (χ2n) is 5.75. The Hall–Kier alpha value is -3.04. The maximum absolute atomic E-state index is 12.0. The standard InChI is InChI=1S/C17H26N4O6/c1-3-15(16(22)19-10-13-26-21(24)25)8-7-9-18-14(2)27-17(23)20-11-5-4-6-12-20/h3,7-9,14H,1,4-6,10-13H2,2H3,(H2-,18,19,22,24,25)/p+1. The van der Waals surface area contributed by atoms with Crippen molar-refractivity contribution in [3.05, 3.63) is 41.5 Å². The quantitative estimate of drug-likeness (QED) is 0.171. The van der Waals surface area contributed by atoms with Gasteiger partial charge in [-0.3, -0.25) is 4.79 Å². The summed E-state index contributed by atoms with van der Waals surface area (Å²) in [5.74, 6) is -0.418. The third kappa shape index (κ3) is 9.28. The van der Waals surface area contributed by atoms with Crippen LogP contribution < -0.4 is 10.6 Å². The lowest BCUT2D eigenvalue weighted by atomic mass is 10.1. The molecule has 1 aliphatic rings. The van der Waals surface area contributed by atoms with E-state index in [1.54, 1.807) is 24.1 Å². The van der Waals surface area contributed by atoms with Crippen LogP contribution in [0.5, 0.6) is 0 Å². The van der Waals surface area contributed by atoms with Gasteiger partial charge in [0.2, 0.25) is 0 Å². The zero-order chi connectivity index (χ0) is 20.1. The number of piperidine rings is 1. The minimum atomic E-state index is -0.677. The summed E-state index contributed by atoms with van der Waals surface area (Å²) in [6.07, 6.45) is 8.28. The molecule has 3 N–H and O–H groups in total. The van der Waals surface area contributed by atoms with E-state index in [9.17, 15) is 14.5 Å². The van der Waals surface area contributed by atoms with Crippen molar-refractivity contribution in [2.75, 3.05) is 26.2 Å². The van der Waals surface area contributed by atoms with Crippen LogP contribution in [0.4, 0.5) is 4.79 Å². The van der Waals surface area contributed by atoms with Crippen molar-refractivity contribution >= 4 is 12.0 Å². The van der Waals surface area contributed by atoms with E-state index < -0.39 is 17.2 Å². The fraction of sp³-hybridized carbons (Fsp3) is 0.529. The number of ether oxygens (including phenoxy) is 1. The number of carbonyl (C=O) groups is 2. The Bertz CT molecular complexity index is 584. The van der Waals surface area contributed by atoms with Gasteiger partial charge in [-0.2, -0.15) is 4.84 Å². The molecule has 1 heterocycles. The maximum Gasteiger partial charge on any atom is 0.475 e. The lowest BCUT2D eigenvalue weighted by Gasteiger charge is -2.27. The Balaban J connectivity index is 2.35. The van der Waals surface area contributed by atoms with E-state index in [0.717, 1.165) is 32.4 Å². The summed E-state index contributed by atoms with van der Waals surface area (Å²) in [6.45, 7) is 6.57. The van der Waals surface area contributed by atoms with Gasteiger partial charge in [0.25, 0.3) is 5.91 Å². The molecule has 10 nitrogen and oxygen atoms in total. The number of amides is 2. The summed E-state index contributed by atoms with van der Waals surface area (Å²) < 4.78 is 5.30. The van der Waals surface area contributed by atoms with Gasteiger partial charge in [0.1, 0.15) is 4.91 Å². The highest BCUT2D eigenvalue weighted by atomic mass is 16.9. The number of allylic oxidation sites excluding steroid dienone is 2. The molecule has 0 bridgehead atoms. The predicted octanol–water partition coefficient (Wildman–Crippen LogP) is 1.39. The molecule has 150 valence electrons. The van der Waals surface area contributed by atoms with Crippen molar-refractivity contribution in [1.29, 1.82) is 0 Å². The number of rotatable bonds is 10. The SMILES string of the molecule is C=C/C(=C\C=C/NC(C)OC(=O)N1CCCCC1)C(=O)NCCO[N+](=O)O. The smallest absolute Gasteiger partial charge is 0.426 e. The number of likely N-dealkylation sites (tertiary alicyclic amines) is 1. The molecule has 0 aromatic carbocycles. The molecule has 0 radical (unpaired) electrons. The molecule has 0 aromatic rings. The van der Waals surface area contributed by atoms with E-state index in [4.69, 9.17) is 9.94 Å². The van der Waals surface area contributed by atoms with Crippen molar-refractivity contribution in [1.82, 2.24) is 15.5 Å². The lowest BCUT2D eigenvalue weighted by molar-refractivity contribution is -0.975. The van der Waals surface area contributed by atoms with Crippen molar-refractivity contribution in [2.24, 2.45) is 0 Å². The first-order chi connectivity index (χ1) is 12.9. The highest BCUT2D eigenvalue weighted by Gasteiger charge is 2.19. The van der Waals surface area contributed by atoms with Crippen molar-refractivity contribution in [2.45, 2.75) is 32.4 Å². The Morgan fingerprint density at radius 3 is 2.67 bits per heavy atom. The van der Waals surface area contributed by atoms with Gasteiger partial charge in [0, 0.05) is 18.7 Å². The molecule has 1 atom stereocenters. The van der Waals surface area contributed by atoms with E-state index in [1.165, 1.54) is 12.2 Å². The van der Waals surface area contributed by atoms with Gasteiger partial charge in [0.05, 0.1) is 6.54 Å². The van der Waals surface area contributed by atoms with E-state index in [-0.39, 0.29) is 24.8 Å². The Kier molecular flexibility index (Phi) is 10.1. The molecule has 1 saturated heterocycles. The molecule has 2 amide bonds. The van der Waals surface area contributed by atoms with Crippen molar-refractivity contribution in [3.8, 4) is 0 Å². The largest absolute Gasteiger partial charge is 0.475 e. The van der Waals surface area contributed by atoms with Crippen LogP contribution in [0.15, 0.2) is 36.6 Å². The second-order valence-corrected chi connectivity index (χ2v) is 5.75. The summed E-state index contributed by atoms with van der Waals surface area (Å²) >= 11 is 0. The fourth-order valence-corrected chi connectivity index (χ4v) is 2.31. The summed E-state index contributed by atoms with van der Waals surface area (Å²) in [6, 6.07) is 0. The predicted molar refractivity (Wildman–Crippen MR) is 96.3 cm³/mol. The van der Waals surface area contributed by atoms with Gasteiger partial charge in [-0.1, -0.05) is 12.7 Å². The third-order valence-electron chi connectivity index (χ3n) is 3.67. The highest BCUT2D eigenvalue weighted by molar-refractivity contribution is 5.96. The molecule has 1 aliphatic heterocycles. The lowest BCUT2D eigenvalue weighted by Crippen LogP contribution is -2.39. The normalized spacial score (nSPS) is 15.7. The topological polar surface area (TPSA) is 120 Å². The summed E-state index contributed by atoms with van der Waals surface area (Å²) in [5, 5.41) is 13.0. The van der Waals surface area contributed by atoms with Crippen molar-refractivity contribution < 1.29 is 29.5 Å². The van der Waals surface area contributed by atoms with Gasteiger partial charge in [-0.15, -0.1) is 0 Å². The van der Waals surface area contributed by atoms with E-state index in [1.807, 2.05) is 0 Å². The Morgan fingerprint density at radius 2 is 2.04 bits per heavy atom. The van der Waals surface area contributed by atoms with Gasteiger partial charge < -0.3 is 20.3 Å².